The Bertz CT molecular complexity index is 490. The van der Waals surface area contributed by atoms with Crippen molar-refractivity contribution >= 4 is 23.5 Å². The number of halogens is 1. The summed E-state index contributed by atoms with van der Waals surface area (Å²) in [6.45, 7) is 4.25. The third-order valence-electron chi connectivity index (χ3n) is 3.98. The van der Waals surface area contributed by atoms with Crippen molar-refractivity contribution in [1.29, 1.82) is 0 Å². The van der Waals surface area contributed by atoms with Crippen LogP contribution in [0.15, 0.2) is 12.4 Å². The highest BCUT2D eigenvalue weighted by Gasteiger charge is 2.30. The lowest BCUT2D eigenvalue weighted by Crippen LogP contribution is -2.48. The zero-order valence-electron chi connectivity index (χ0n) is 11.9. The maximum Gasteiger partial charge on any atom is 0.227 e. The van der Waals surface area contributed by atoms with Gasteiger partial charge in [-0.3, -0.25) is 4.79 Å². The molecule has 7 heteroatoms. The lowest BCUT2D eigenvalue weighted by atomic mass is 9.96. The first-order valence-electron chi connectivity index (χ1n) is 7.33. The fourth-order valence-corrected chi connectivity index (χ4v) is 2.97. The maximum atomic E-state index is 12.6. The van der Waals surface area contributed by atoms with Crippen molar-refractivity contribution in [3.63, 3.8) is 0 Å². The van der Waals surface area contributed by atoms with Gasteiger partial charge >= 0.3 is 0 Å². The van der Waals surface area contributed by atoms with Crippen molar-refractivity contribution in [1.82, 2.24) is 14.9 Å². The second-order valence-electron chi connectivity index (χ2n) is 5.42. The van der Waals surface area contributed by atoms with Crippen LogP contribution < -0.4 is 4.90 Å². The molecule has 0 N–H and O–H groups in total. The number of carbonyl (C=O) groups excluding carboxylic acids is 1. The zero-order valence-corrected chi connectivity index (χ0v) is 12.6. The first-order chi connectivity index (χ1) is 10.2. The highest BCUT2D eigenvalue weighted by molar-refractivity contribution is 6.30. The summed E-state index contributed by atoms with van der Waals surface area (Å²) in [6, 6.07) is 0. The average Bonchev–Trinajstić information content (AvgIpc) is 2.56. The van der Waals surface area contributed by atoms with Crippen LogP contribution in [0.4, 0.5) is 5.95 Å². The molecule has 1 unspecified atom stereocenters. The molecule has 1 aromatic heterocycles. The molecule has 1 amide bonds. The van der Waals surface area contributed by atoms with Gasteiger partial charge in [0, 0.05) is 26.2 Å². The van der Waals surface area contributed by atoms with Crippen molar-refractivity contribution in [3.8, 4) is 0 Å². The van der Waals surface area contributed by atoms with Crippen LogP contribution in [0.1, 0.15) is 12.8 Å². The minimum atomic E-state index is 0.0242. The van der Waals surface area contributed by atoms with Gasteiger partial charge in [-0.2, -0.15) is 0 Å². The fourth-order valence-electron chi connectivity index (χ4n) is 2.87. The van der Waals surface area contributed by atoms with E-state index < -0.39 is 0 Å². The SMILES string of the molecule is O=C(C1CCCN(c2ncc(Cl)cn2)C1)N1CCOCC1. The Labute approximate surface area is 129 Å². The Morgan fingerprint density at radius 2 is 1.95 bits per heavy atom. The molecule has 3 rings (SSSR count). The number of aromatic nitrogens is 2. The van der Waals surface area contributed by atoms with Gasteiger partial charge in [0.25, 0.3) is 0 Å². The predicted octanol–water partition coefficient (Wildman–Crippen LogP) is 1.21. The molecule has 6 nitrogen and oxygen atoms in total. The van der Waals surface area contributed by atoms with Crippen molar-refractivity contribution in [3.05, 3.63) is 17.4 Å². The van der Waals surface area contributed by atoms with Crippen LogP contribution in [0, 0.1) is 5.92 Å². The third kappa shape index (κ3) is 3.44. The summed E-state index contributed by atoms with van der Waals surface area (Å²) in [4.78, 5) is 25.0. The van der Waals surface area contributed by atoms with Crippen LogP contribution in [-0.4, -0.2) is 60.2 Å². The van der Waals surface area contributed by atoms with Crippen LogP contribution in [0.25, 0.3) is 0 Å². The second-order valence-corrected chi connectivity index (χ2v) is 5.86. The molecule has 0 radical (unpaired) electrons. The number of ether oxygens (including phenoxy) is 1. The van der Waals surface area contributed by atoms with Crippen LogP contribution in [0.3, 0.4) is 0 Å². The average molecular weight is 311 g/mol. The smallest absolute Gasteiger partial charge is 0.227 e. The van der Waals surface area contributed by atoms with Gasteiger partial charge in [0.1, 0.15) is 0 Å². The molecular formula is C14H19ClN4O2. The summed E-state index contributed by atoms with van der Waals surface area (Å²) < 4.78 is 5.30. The minimum Gasteiger partial charge on any atom is -0.378 e. The van der Waals surface area contributed by atoms with E-state index >= 15 is 0 Å². The second kappa shape index (κ2) is 6.58. The van der Waals surface area contributed by atoms with Gasteiger partial charge in [-0.1, -0.05) is 11.6 Å². The van der Waals surface area contributed by atoms with E-state index in [0.717, 1.165) is 19.4 Å². The maximum absolute atomic E-state index is 12.6. The molecule has 2 aliphatic rings. The summed E-state index contributed by atoms with van der Waals surface area (Å²) in [5.41, 5.74) is 0. The van der Waals surface area contributed by atoms with Gasteiger partial charge in [0.15, 0.2) is 0 Å². The molecule has 0 saturated carbocycles. The molecule has 2 fully saturated rings. The standard InChI is InChI=1S/C14H19ClN4O2/c15-12-8-16-14(17-9-12)19-3-1-2-11(10-19)13(20)18-4-6-21-7-5-18/h8-9,11H,1-7,10H2. The predicted molar refractivity (Wildman–Crippen MR) is 79.4 cm³/mol. The largest absolute Gasteiger partial charge is 0.378 e. The Hall–Kier alpha value is -1.40. The van der Waals surface area contributed by atoms with E-state index in [-0.39, 0.29) is 11.8 Å². The van der Waals surface area contributed by atoms with Crippen molar-refractivity contribution in [2.45, 2.75) is 12.8 Å². The van der Waals surface area contributed by atoms with Gasteiger partial charge in [-0.15, -0.1) is 0 Å². The van der Waals surface area contributed by atoms with E-state index in [1.807, 2.05) is 4.90 Å². The van der Waals surface area contributed by atoms with Gasteiger partial charge in [0.05, 0.1) is 36.5 Å². The summed E-state index contributed by atoms with van der Waals surface area (Å²) in [6.07, 6.45) is 5.10. The Balaban J connectivity index is 1.64. The number of piperidine rings is 1. The van der Waals surface area contributed by atoms with E-state index in [1.54, 1.807) is 12.4 Å². The number of amides is 1. The lowest BCUT2D eigenvalue weighted by Gasteiger charge is -2.36. The summed E-state index contributed by atoms with van der Waals surface area (Å²) in [7, 11) is 0. The van der Waals surface area contributed by atoms with Crippen molar-refractivity contribution < 1.29 is 9.53 Å². The van der Waals surface area contributed by atoms with Gasteiger partial charge in [-0.25, -0.2) is 9.97 Å². The van der Waals surface area contributed by atoms with E-state index in [1.165, 1.54) is 0 Å². The Morgan fingerprint density at radius 1 is 1.24 bits per heavy atom. The molecule has 1 aromatic rings. The van der Waals surface area contributed by atoms with E-state index in [9.17, 15) is 4.79 Å². The molecule has 3 heterocycles. The van der Waals surface area contributed by atoms with Crippen molar-refractivity contribution in [2.75, 3.05) is 44.3 Å². The molecular weight excluding hydrogens is 292 g/mol. The molecule has 21 heavy (non-hydrogen) atoms. The minimum absolute atomic E-state index is 0.0242. The number of carbonyl (C=O) groups is 1. The highest BCUT2D eigenvalue weighted by Crippen LogP contribution is 2.22. The van der Waals surface area contributed by atoms with Crippen LogP contribution >= 0.6 is 11.6 Å². The molecule has 1 atom stereocenters. The molecule has 0 aliphatic carbocycles. The lowest BCUT2D eigenvalue weighted by molar-refractivity contribution is -0.139. The van der Waals surface area contributed by atoms with Gasteiger partial charge in [0.2, 0.25) is 11.9 Å². The number of nitrogens with zero attached hydrogens (tertiary/aromatic N) is 4. The summed E-state index contributed by atoms with van der Waals surface area (Å²) in [5.74, 6) is 0.909. The first-order valence-corrected chi connectivity index (χ1v) is 7.71. The summed E-state index contributed by atoms with van der Waals surface area (Å²) in [5, 5.41) is 0.525. The molecule has 0 spiro atoms. The van der Waals surface area contributed by atoms with E-state index in [2.05, 4.69) is 14.9 Å². The molecule has 0 bridgehead atoms. The normalized spacial score (nSPS) is 23.2. The van der Waals surface area contributed by atoms with Crippen LogP contribution in [-0.2, 0) is 9.53 Å². The first kappa shape index (κ1) is 14.5. The summed E-state index contributed by atoms with van der Waals surface area (Å²) >= 11 is 5.82. The van der Waals surface area contributed by atoms with Gasteiger partial charge in [-0.05, 0) is 12.8 Å². The van der Waals surface area contributed by atoms with E-state index in [4.69, 9.17) is 16.3 Å². The number of morpholine rings is 1. The number of anilines is 1. The molecule has 2 aliphatic heterocycles. The number of hydrogen-bond donors (Lipinski definition) is 0. The quantitative estimate of drug-likeness (QED) is 0.821. The topological polar surface area (TPSA) is 58.6 Å². The number of hydrogen-bond acceptors (Lipinski definition) is 5. The third-order valence-corrected chi connectivity index (χ3v) is 4.18. The number of rotatable bonds is 2. The molecule has 0 aromatic carbocycles. The fraction of sp³-hybridized carbons (Fsp3) is 0.643. The molecule has 114 valence electrons. The Kier molecular flexibility index (Phi) is 4.55. The zero-order chi connectivity index (χ0) is 14.7. The van der Waals surface area contributed by atoms with Crippen LogP contribution in [0.5, 0.6) is 0 Å². The van der Waals surface area contributed by atoms with Gasteiger partial charge < -0.3 is 14.5 Å². The van der Waals surface area contributed by atoms with Crippen molar-refractivity contribution in [2.24, 2.45) is 5.92 Å². The van der Waals surface area contributed by atoms with Crippen LogP contribution in [0.2, 0.25) is 5.02 Å². The monoisotopic (exact) mass is 310 g/mol. The molecule has 2 saturated heterocycles. The highest BCUT2D eigenvalue weighted by atomic mass is 35.5. The van der Waals surface area contributed by atoms with E-state index in [0.29, 0.717) is 43.8 Å². The Morgan fingerprint density at radius 3 is 2.67 bits per heavy atom.